The number of hydrogen-bond donors (Lipinski definition) is 0. The number of rotatable bonds is 13. The smallest absolute Gasteiger partial charge is 0.162 e. The molecule has 0 radical (unpaired) electrons. The lowest BCUT2D eigenvalue weighted by atomic mass is 9.93. The Morgan fingerprint density at radius 2 is 1.48 bits per heavy atom. The van der Waals surface area contributed by atoms with Gasteiger partial charge in [-0.15, -0.1) is 0 Å². The van der Waals surface area contributed by atoms with Crippen molar-refractivity contribution >= 4 is 5.78 Å². The second-order valence-corrected chi connectivity index (χ2v) is 9.52. The van der Waals surface area contributed by atoms with Crippen LogP contribution in [0.15, 0.2) is 60.9 Å². The molecule has 178 valence electrons. The van der Waals surface area contributed by atoms with Crippen LogP contribution >= 0.6 is 0 Å². The minimum atomic E-state index is -0.102. The van der Waals surface area contributed by atoms with Crippen LogP contribution in [0.5, 0.6) is 11.5 Å². The van der Waals surface area contributed by atoms with Gasteiger partial charge in [0.1, 0.15) is 11.5 Å². The van der Waals surface area contributed by atoms with Crippen LogP contribution in [0.3, 0.4) is 0 Å². The molecule has 0 aliphatic carbocycles. The van der Waals surface area contributed by atoms with Gasteiger partial charge in [0.2, 0.25) is 0 Å². The van der Waals surface area contributed by atoms with Crippen LogP contribution in [-0.2, 0) is 5.54 Å². The Kier molecular flexibility index (Phi) is 8.99. The zero-order chi connectivity index (χ0) is 23.7. The number of Topliss-reactive ketones (excluding diaryl/α,β-unsaturated/α-hetero) is 1. The zero-order valence-corrected chi connectivity index (χ0v) is 20.8. The number of hydrogen-bond acceptors (Lipinski definition) is 4. The Labute approximate surface area is 200 Å². The van der Waals surface area contributed by atoms with Crippen LogP contribution in [-0.4, -0.2) is 28.8 Å². The zero-order valence-electron chi connectivity index (χ0n) is 20.8. The van der Waals surface area contributed by atoms with Gasteiger partial charge >= 0.3 is 0 Å². The molecule has 0 unspecified atom stereocenters. The highest BCUT2D eigenvalue weighted by Gasteiger charge is 2.29. The quantitative estimate of drug-likeness (QED) is 0.232. The highest BCUT2D eigenvalue weighted by molar-refractivity contribution is 5.96. The summed E-state index contributed by atoms with van der Waals surface area (Å²) in [7, 11) is 0. The third-order valence-corrected chi connectivity index (χ3v) is 6.54. The van der Waals surface area contributed by atoms with E-state index in [9.17, 15) is 4.79 Å². The number of nitrogens with zero attached hydrogens (tertiary/aromatic N) is 2. The maximum Gasteiger partial charge on any atom is 0.162 e. The average molecular weight is 449 g/mol. The summed E-state index contributed by atoms with van der Waals surface area (Å²) in [5.41, 5.74) is 1.92. The summed E-state index contributed by atoms with van der Waals surface area (Å²) in [5, 5.41) is 0. The van der Waals surface area contributed by atoms with E-state index in [2.05, 4.69) is 62.0 Å². The minimum absolute atomic E-state index is 0.102. The highest BCUT2D eigenvalue weighted by Crippen LogP contribution is 2.32. The fraction of sp³-hybridized carbons (Fsp3) is 0.483. The lowest BCUT2D eigenvalue weighted by Crippen LogP contribution is -2.39. The Hall–Kier alpha value is -2.75. The first-order valence-corrected chi connectivity index (χ1v) is 12.5. The Balaban J connectivity index is 1.55. The van der Waals surface area contributed by atoms with Gasteiger partial charge in [0, 0.05) is 30.9 Å². The van der Waals surface area contributed by atoms with Crippen molar-refractivity contribution in [3.63, 3.8) is 0 Å². The molecule has 0 amide bonds. The molecule has 2 aromatic carbocycles. The van der Waals surface area contributed by atoms with Crippen molar-refractivity contribution in [2.75, 3.05) is 13.2 Å². The number of unbranched alkanes of at least 4 members (excludes halogenated alkanes) is 4. The third kappa shape index (κ3) is 6.86. The number of carbonyl (C=O) groups is 1. The van der Waals surface area contributed by atoms with E-state index in [-0.39, 0.29) is 11.3 Å². The third-order valence-electron chi connectivity index (χ3n) is 6.54. The molecule has 1 aliphatic rings. The summed E-state index contributed by atoms with van der Waals surface area (Å²) >= 11 is 0. The number of ether oxygens (including phenoxy) is 1. The van der Waals surface area contributed by atoms with Gasteiger partial charge in [-0.05, 0) is 68.7 Å². The van der Waals surface area contributed by atoms with Crippen LogP contribution in [0.25, 0.3) is 0 Å². The molecule has 1 aliphatic heterocycles. The lowest BCUT2D eigenvalue weighted by molar-refractivity contribution is 0.0979. The molecule has 0 N–H and O–H groups in total. The first-order valence-electron chi connectivity index (χ1n) is 12.5. The van der Waals surface area contributed by atoms with E-state index in [0.717, 1.165) is 43.1 Å². The summed E-state index contributed by atoms with van der Waals surface area (Å²) in [4.78, 5) is 17.1. The molecule has 0 saturated carbocycles. The van der Waals surface area contributed by atoms with E-state index in [1.165, 1.54) is 31.2 Å². The molecule has 0 atom stereocenters. The predicted octanol–water partition coefficient (Wildman–Crippen LogP) is 7.71. The van der Waals surface area contributed by atoms with Gasteiger partial charge in [0.05, 0.1) is 12.2 Å². The van der Waals surface area contributed by atoms with E-state index in [1.807, 2.05) is 36.4 Å². The monoisotopic (exact) mass is 448 g/mol. The van der Waals surface area contributed by atoms with Gasteiger partial charge in [0.15, 0.2) is 5.78 Å². The largest absolute Gasteiger partial charge is 0.457 e. The molecule has 0 spiro atoms. The van der Waals surface area contributed by atoms with E-state index < -0.39 is 0 Å². The molecule has 0 aromatic heterocycles. The van der Waals surface area contributed by atoms with Gasteiger partial charge in [-0.1, -0.05) is 51.7 Å². The van der Waals surface area contributed by atoms with Gasteiger partial charge in [-0.2, -0.15) is 0 Å². The predicted molar refractivity (Wildman–Crippen MR) is 137 cm³/mol. The first-order chi connectivity index (χ1) is 15.9. The summed E-state index contributed by atoms with van der Waals surface area (Å²) in [6.07, 6.45) is 11.9. The van der Waals surface area contributed by atoms with Gasteiger partial charge in [-0.3, -0.25) is 4.79 Å². The maximum absolute atomic E-state index is 12.3. The van der Waals surface area contributed by atoms with E-state index in [1.54, 1.807) is 0 Å². The Morgan fingerprint density at radius 1 is 0.848 bits per heavy atom. The van der Waals surface area contributed by atoms with Crippen molar-refractivity contribution in [1.82, 2.24) is 9.80 Å². The Bertz CT molecular complexity index is 900. The second kappa shape index (κ2) is 11.9. The molecule has 0 saturated heterocycles. The van der Waals surface area contributed by atoms with Crippen molar-refractivity contribution in [2.45, 2.75) is 78.2 Å². The van der Waals surface area contributed by atoms with E-state index in [4.69, 9.17) is 4.74 Å². The highest BCUT2D eigenvalue weighted by atomic mass is 16.5. The molecule has 0 bridgehead atoms. The summed E-state index contributed by atoms with van der Waals surface area (Å²) in [5.74, 6) is 1.77. The molecule has 4 nitrogen and oxygen atoms in total. The molecule has 0 fully saturated rings. The minimum Gasteiger partial charge on any atom is -0.457 e. The Morgan fingerprint density at radius 3 is 2.12 bits per heavy atom. The van der Waals surface area contributed by atoms with Crippen molar-refractivity contribution in [1.29, 1.82) is 0 Å². The van der Waals surface area contributed by atoms with Gasteiger partial charge in [-0.25, -0.2) is 0 Å². The molecular weight excluding hydrogens is 408 g/mol. The fourth-order valence-corrected chi connectivity index (χ4v) is 4.13. The second-order valence-electron chi connectivity index (χ2n) is 9.52. The number of ketones is 1. The summed E-state index contributed by atoms with van der Waals surface area (Å²) in [6.45, 7) is 11.0. The van der Waals surface area contributed by atoms with E-state index >= 15 is 0 Å². The first kappa shape index (κ1) is 24.9. The van der Waals surface area contributed by atoms with Crippen molar-refractivity contribution in [3.8, 4) is 11.5 Å². The van der Waals surface area contributed by atoms with Crippen molar-refractivity contribution in [2.24, 2.45) is 0 Å². The average Bonchev–Trinajstić information content (AvgIpc) is 3.31. The maximum atomic E-state index is 12.3. The van der Waals surface area contributed by atoms with Gasteiger partial charge in [0.25, 0.3) is 0 Å². The normalized spacial score (nSPS) is 13.6. The summed E-state index contributed by atoms with van der Waals surface area (Å²) < 4.78 is 6.03. The van der Waals surface area contributed by atoms with Crippen LogP contribution in [0, 0.1) is 0 Å². The van der Waals surface area contributed by atoms with Crippen LogP contribution in [0.2, 0.25) is 0 Å². The van der Waals surface area contributed by atoms with Crippen molar-refractivity contribution in [3.05, 3.63) is 72.1 Å². The van der Waals surface area contributed by atoms with Gasteiger partial charge < -0.3 is 14.5 Å². The summed E-state index contributed by atoms with van der Waals surface area (Å²) in [6, 6.07) is 15.9. The molecule has 3 rings (SSSR count). The number of benzene rings is 2. The molecule has 33 heavy (non-hydrogen) atoms. The van der Waals surface area contributed by atoms with Crippen LogP contribution < -0.4 is 4.74 Å². The van der Waals surface area contributed by atoms with E-state index in [0.29, 0.717) is 6.42 Å². The number of carbonyl (C=O) groups excluding carboxylic acids is 1. The molecule has 4 heteroatoms. The lowest BCUT2D eigenvalue weighted by Gasteiger charge is -2.37. The topological polar surface area (TPSA) is 32.8 Å². The van der Waals surface area contributed by atoms with Crippen molar-refractivity contribution < 1.29 is 9.53 Å². The molecular formula is C29H40N2O2. The fourth-order valence-electron chi connectivity index (χ4n) is 4.13. The van der Waals surface area contributed by atoms with Crippen LogP contribution in [0.4, 0.5) is 0 Å². The standard InChI is InChI=1S/C29H40N2O2/c1-5-7-9-10-11-28(32)24-12-16-26(17-13-24)33-27-18-14-25(15-19-27)29(3,4)31-22-21-30(23-31)20-8-6-2/h12-19,21-22H,5-11,20,23H2,1-4H3. The molecule has 1 heterocycles. The SMILES string of the molecule is CCCCCCC(=O)c1ccc(Oc2ccc(C(C)(C)N3C=CN(CCCC)C3)cc2)cc1. The van der Waals surface area contributed by atoms with Crippen LogP contribution in [0.1, 0.15) is 88.6 Å². The molecule has 2 aromatic rings.